The first-order valence-electron chi connectivity index (χ1n) is 12.4. The molecule has 2 aromatic rings. The first-order valence-corrected chi connectivity index (χ1v) is 15.4. The predicted molar refractivity (Wildman–Crippen MR) is 140 cm³/mol. The Kier molecular flexibility index (Phi) is 8.03. The number of aromatic nitrogens is 2. The third-order valence-corrected chi connectivity index (χ3v) is 10.9. The molecule has 1 spiro atoms. The fourth-order valence-corrected chi connectivity index (χ4v) is 7.51. The van der Waals surface area contributed by atoms with E-state index in [9.17, 15) is 21.9 Å². The standard InChI is InChI=1S/C24H37N5O6S2/c1-18(2)37(33,34)29-9-7-24(8-10-29)16-27(3)15-21(30)13-26-36(31,32)23-6-5-19(11-22(23)35-17-24)20-12-25-28(4)14-20/h5-6,11-12,14,18,21,26,30H,7-10,13,15-17H2,1-4H3. The van der Waals surface area contributed by atoms with Crippen LogP contribution in [0.5, 0.6) is 5.75 Å². The summed E-state index contributed by atoms with van der Waals surface area (Å²) >= 11 is 0. The Hall–Kier alpha value is -2.03. The van der Waals surface area contributed by atoms with E-state index in [-0.39, 0.29) is 30.3 Å². The number of aryl methyl sites for hydroxylation is 1. The molecular formula is C24H37N5O6S2. The molecule has 4 rings (SSSR count). The minimum Gasteiger partial charge on any atom is -0.492 e. The molecule has 0 saturated carbocycles. The first kappa shape index (κ1) is 28.0. The number of aliphatic hydroxyl groups is 1. The number of hydrogen-bond donors (Lipinski definition) is 2. The highest BCUT2D eigenvalue weighted by atomic mass is 32.2. The Morgan fingerprint density at radius 3 is 2.51 bits per heavy atom. The van der Waals surface area contributed by atoms with Crippen LogP contribution >= 0.6 is 0 Å². The summed E-state index contributed by atoms with van der Waals surface area (Å²) in [5.74, 6) is 0.211. The zero-order valence-corrected chi connectivity index (χ0v) is 23.4. The van der Waals surface area contributed by atoms with E-state index < -0.39 is 36.8 Å². The number of aliphatic hydroxyl groups excluding tert-OH is 1. The molecule has 206 valence electrons. The van der Waals surface area contributed by atoms with E-state index in [0.717, 1.165) is 11.1 Å². The number of hydrogen-bond acceptors (Lipinski definition) is 8. The minimum absolute atomic E-state index is 0.00348. The fourth-order valence-electron chi connectivity index (χ4n) is 5.03. The largest absolute Gasteiger partial charge is 0.492 e. The number of nitrogens with one attached hydrogen (secondary N) is 1. The van der Waals surface area contributed by atoms with Gasteiger partial charge in [-0.05, 0) is 51.4 Å². The molecule has 0 aliphatic carbocycles. The molecule has 2 aliphatic rings. The minimum atomic E-state index is -3.96. The highest BCUT2D eigenvalue weighted by Crippen LogP contribution is 2.37. The van der Waals surface area contributed by atoms with Gasteiger partial charge in [-0.25, -0.2) is 25.9 Å². The van der Waals surface area contributed by atoms with Gasteiger partial charge in [-0.2, -0.15) is 5.10 Å². The van der Waals surface area contributed by atoms with Crippen LogP contribution in [0.25, 0.3) is 11.1 Å². The molecule has 3 heterocycles. The van der Waals surface area contributed by atoms with Crippen LogP contribution in [0.15, 0.2) is 35.5 Å². The van der Waals surface area contributed by atoms with Crippen LogP contribution in [0.3, 0.4) is 0 Å². The average molecular weight is 556 g/mol. The number of rotatable bonds is 3. The quantitative estimate of drug-likeness (QED) is 0.570. The zero-order chi connectivity index (χ0) is 27.0. The number of nitrogens with zero attached hydrogens (tertiary/aromatic N) is 4. The Bertz CT molecular complexity index is 1320. The summed E-state index contributed by atoms with van der Waals surface area (Å²) < 4.78 is 63.8. The van der Waals surface area contributed by atoms with Crippen molar-refractivity contribution in [2.75, 3.05) is 46.4 Å². The molecular weight excluding hydrogens is 518 g/mol. The molecule has 0 bridgehead atoms. The second-order valence-corrected chi connectivity index (χ2v) is 14.8. The maximum Gasteiger partial charge on any atom is 0.244 e. The van der Waals surface area contributed by atoms with Crippen molar-refractivity contribution in [3.8, 4) is 16.9 Å². The summed E-state index contributed by atoms with van der Waals surface area (Å²) in [4.78, 5) is 1.96. The Labute approximate surface area is 219 Å². The lowest BCUT2D eigenvalue weighted by atomic mass is 9.79. The van der Waals surface area contributed by atoms with Crippen molar-refractivity contribution < 1.29 is 26.7 Å². The molecule has 11 nitrogen and oxygen atoms in total. The zero-order valence-electron chi connectivity index (χ0n) is 21.8. The van der Waals surface area contributed by atoms with Crippen molar-refractivity contribution in [3.05, 3.63) is 30.6 Å². The van der Waals surface area contributed by atoms with Crippen molar-refractivity contribution in [1.82, 2.24) is 23.7 Å². The smallest absolute Gasteiger partial charge is 0.244 e. The number of likely N-dealkylation sites (N-methyl/N-ethyl adjacent to an activating group) is 1. The maximum absolute atomic E-state index is 13.2. The van der Waals surface area contributed by atoms with Crippen molar-refractivity contribution >= 4 is 20.0 Å². The second kappa shape index (κ2) is 10.6. The van der Waals surface area contributed by atoms with E-state index in [1.54, 1.807) is 43.9 Å². The van der Waals surface area contributed by atoms with Crippen LogP contribution in [-0.4, -0.2) is 98.7 Å². The maximum atomic E-state index is 13.2. The lowest BCUT2D eigenvalue weighted by molar-refractivity contribution is 0.0317. The number of β-amino-alcohol motifs (C(OH)–C–C–N with tert-alkyl or cyclic N) is 1. The molecule has 0 amide bonds. The molecule has 2 N–H and O–H groups in total. The third-order valence-electron chi connectivity index (χ3n) is 7.18. The number of fused-ring (bicyclic) bond motifs is 1. The molecule has 2 aliphatic heterocycles. The van der Waals surface area contributed by atoms with Crippen molar-refractivity contribution in [3.63, 3.8) is 0 Å². The van der Waals surface area contributed by atoms with Gasteiger partial charge in [0.05, 0.1) is 24.2 Å². The van der Waals surface area contributed by atoms with Gasteiger partial charge in [0.2, 0.25) is 20.0 Å². The van der Waals surface area contributed by atoms with Crippen molar-refractivity contribution in [2.45, 2.75) is 42.9 Å². The molecule has 1 saturated heterocycles. The van der Waals surface area contributed by atoms with Gasteiger partial charge in [0.15, 0.2) is 0 Å². The number of piperidine rings is 1. The van der Waals surface area contributed by atoms with Gasteiger partial charge in [0.25, 0.3) is 0 Å². The van der Waals surface area contributed by atoms with Gasteiger partial charge in [-0.1, -0.05) is 6.07 Å². The lowest BCUT2D eigenvalue weighted by Crippen LogP contribution is -2.52. The van der Waals surface area contributed by atoms with Gasteiger partial charge < -0.3 is 14.7 Å². The summed E-state index contributed by atoms with van der Waals surface area (Å²) in [6.07, 6.45) is 3.74. The Morgan fingerprint density at radius 2 is 1.89 bits per heavy atom. The third kappa shape index (κ3) is 6.18. The molecule has 1 unspecified atom stereocenters. The van der Waals surface area contributed by atoms with Gasteiger partial charge in [0, 0.05) is 56.9 Å². The summed E-state index contributed by atoms with van der Waals surface area (Å²) in [5.41, 5.74) is 1.16. The van der Waals surface area contributed by atoms with Gasteiger partial charge in [-0.3, -0.25) is 4.68 Å². The highest BCUT2D eigenvalue weighted by molar-refractivity contribution is 7.89. The van der Waals surface area contributed by atoms with E-state index in [1.807, 2.05) is 18.1 Å². The molecule has 0 radical (unpaired) electrons. The molecule has 13 heteroatoms. The summed E-state index contributed by atoms with van der Waals surface area (Å²) in [6.45, 7) is 5.00. The molecule has 1 atom stereocenters. The molecule has 37 heavy (non-hydrogen) atoms. The van der Waals surface area contributed by atoms with Crippen molar-refractivity contribution in [2.24, 2.45) is 12.5 Å². The molecule has 1 fully saturated rings. The van der Waals surface area contributed by atoms with Crippen LogP contribution in [0.2, 0.25) is 0 Å². The highest BCUT2D eigenvalue weighted by Gasteiger charge is 2.41. The SMILES string of the molecule is CC(C)S(=O)(=O)N1CCC2(CC1)COc1cc(-c3cnn(C)c3)ccc1S(=O)(=O)NCC(O)CN(C)C2. The Morgan fingerprint density at radius 1 is 1.19 bits per heavy atom. The van der Waals surface area contributed by atoms with E-state index in [0.29, 0.717) is 32.5 Å². The van der Waals surface area contributed by atoms with E-state index >= 15 is 0 Å². The second-order valence-electron chi connectivity index (χ2n) is 10.5. The summed E-state index contributed by atoms with van der Waals surface area (Å²) in [6, 6.07) is 4.91. The van der Waals surface area contributed by atoms with E-state index in [1.165, 1.54) is 10.4 Å². The van der Waals surface area contributed by atoms with Crippen LogP contribution in [0.1, 0.15) is 26.7 Å². The van der Waals surface area contributed by atoms with Gasteiger partial charge >= 0.3 is 0 Å². The van der Waals surface area contributed by atoms with Gasteiger partial charge in [-0.15, -0.1) is 0 Å². The summed E-state index contributed by atoms with van der Waals surface area (Å²) in [7, 11) is -3.65. The average Bonchev–Trinajstić information content (AvgIpc) is 3.27. The van der Waals surface area contributed by atoms with E-state index in [2.05, 4.69) is 9.82 Å². The normalized spacial score (nSPS) is 23.7. The molecule has 1 aromatic carbocycles. The van der Waals surface area contributed by atoms with Crippen LogP contribution in [-0.2, 0) is 27.1 Å². The number of benzene rings is 1. The lowest BCUT2D eigenvalue weighted by Gasteiger charge is -2.43. The van der Waals surface area contributed by atoms with Crippen LogP contribution in [0.4, 0.5) is 0 Å². The van der Waals surface area contributed by atoms with Crippen LogP contribution < -0.4 is 9.46 Å². The molecule has 1 aromatic heterocycles. The van der Waals surface area contributed by atoms with Crippen LogP contribution in [0, 0.1) is 5.41 Å². The Balaban J connectivity index is 1.69. The van der Waals surface area contributed by atoms with E-state index in [4.69, 9.17) is 4.74 Å². The topological polar surface area (TPSA) is 134 Å². The van der Waals surface area contributed by atoms with Crippen molar-refractivity contribution in [1.29, 1.82) is 0 Å². The summed E-state index contributed by atoms with van der Waals surface area (Å²) in [5, 5.41) is 14.2. The predicted octanol–water partition coefficient (Wildman–Crippen LogP) is 0.871. The number of ether oxygens (including phenoxy) is 1. The van der Waals surface area contributed by atoms with Gasteiger partial charge in [0.1, 0.15) is 10.6 Å². The fraction of sp³-hybridized carbons (Fsp3) is 0.625. The first-order chi connectivity index (χ1) is 17.3. The monoisotopic (exact) mass is 555 g/mol. The number of sulfonamides is 2.